The molecule has 0 amide bonds. The SMILES string of the molecule is C=Cc1sc2c(ccc3c4ccccc4n(-c4cc(-c5ccccc5)cc(-c5ccccc5)n4)c32)c1/C=C\C. The minimum atomic E-state index is 0.912. The van der Waals surface area contributed by atoms with Gasteiger partial charge < -0.3 is 0 Å². The lowest BCUT2D eigenvalue weighted by Gasteiger charge is -2.13. The van der Waals surface area contributed by atoms with Crippen LogP contribution in [0, 0.1) is 0 Å². The minimum absolute atomic E-state index is 0.912. The van der Waals surface area contributed by atoms with E-state index in [4.69, 9.17) is 4.98 Å². The monoisotopic (exact) mass is 518 g/mol. The molecule has 0 unspecified atom stereocenters. The van der Waals surface area contributed by atoms with Crippen LogP contribution in [0.4, 0.5) is 0 Å². The van der Waals surface area contributed by atoms with Crippen molar-refractivity contribution in [3.05, 3.63) is 132 Å². The first-order valence-corrected chi connectivity index (χ1v) is 14.0. The topological polar surface area (TPSA) is 17.8 Å². The van der Waals surface area contributed by atoms with Gasteiger partial charge in [-0.25, -0.2) is 4.98 Å². The average Bonchev–Trinajstić information content (AvgIpc) is 3.53. The molecule has 0 radical (unpaired) electrons. The molecular formula is C36H26N2S. The fraction of sp³-hybridized carbons (Fsp3) is 0.0278. The molecule has 0 fully saturated rings. The lowest BCUT2D eigenvalue weighted by Crippen LogP contribution is -2.00. The van der Waals surface area contributed by atoms with Gasteiger partial charge >= 0.3 is 0 Å². The molecule has 4 aromatic carbocycles. The van der Waals surface area contributed by atoms with Crippen LogP contribution >= 0.6 is 11.3 Å². The fourth-order valence-corrected chi connectivity index (χ4v) is 6.73. The van der Waals surface area contributed by atoms with Crippen LogP contribution in [0.3, 0.4) is 0 Å². The van der Waals surface area contributed by atoms with Crippen LogP contribution in [0.5, 0.6) is 0 Å². The van der Waals surface area contributed by atoms with Crippen LogP contribution in [0.25, 0.3) is 72.2 Å². The van der Waals surface area contributed by atoms with Gasteiger partial charge in [0.1, 0.15) is 5.82 Å². The van der Waals surface area contributed by atoms with Gasteiger partial charge in [-0.05, 0) is 36.2 Å². The van der Waals surface area contributed by atoms with Crippen molar-refractivity contribution in [2.75, 3.05) is 0 Å². The molecule has 2 nitrogen and oxygen atoms in total. The van der Waals surface area contributed by atoms with Gasteiger partial charge in [0, 0.05) is 32.2 Å². The van der Waals surface area contributed by atoms with Crippen molar-refractivity contribution in [2.24, 2.45) is 0 Å². The molecule has 0 aliphatic rings. The minimum Gasteiger partial charge on any atom is -0.292 e. The summed E-state index contributed by atoms with van der Waals surface area (Å²) in [6, 6.07) is 38.6. The van der Waals surface area contributed by atoms with Gasteiger partial charge in [0.25, 0.3) is 0 Å². The molecule has 7 rings (SSSR count). The van der Waals surface area contributed by atoms with Crippen LogP contribution < -0.4 is 0 Å². The van der Waals surface area contributed by atoms with Gasteiger partial charge in [-0.2, -0.15) is 0 Å². The molecule has 7 aromatic rings. The number of allylic oxidation sites excluding steroid dienone is 1. The summed E-state index contributed by atoms with van der Waals surface area (Å²) in [4.78, 5) is 6.48. The molecule has 0 atom stereocenters. The molecule has 0 aliphatic carbocycles. The summed E-state index contributed by atoms with van der Waals surface area (Å²) < 4.78 is 3.61. The molecule has 186 valence electrons. The van der Waals surface area contributed by atoms with Gasteiger partial charge in [-0.1, -0.05) is 116 Å². The van der Waals surface area contributed by atoms with Gasteiger partial charge in [-0.3, -0.25) is 4.57 Å². The zero-order valence-electron chi connectivity index (χ0n) is 21.6. The van der Waals surface area contributed by atoms with Crippen molar-refractivity contribution in [1.29, 1.82) is 0 Å². The third kappa shape index (κ3) is 3.82. The Morgan fingerprint density at radius 3 is 2.15 bits per heavy atom. The first-order chi connectivity index (χ1) is 19.3. The third-order valence-corrected chi connectivity index (χ3v) is 8.52. The van der Waals surface area contributed by atoms with Crippen molar-refractivity contribution >= 4 is 55.4 Å². The number of para-hydroxylation sites is 1. The van der Waals surface area contributed by atoms with Crippen LogP contribution in [-0.2, 0) is 0 Å². The summed E-state index contributed by atoms with van der Waals surface area (Å²) in [5.74, 6) is 0.912. The predicted octanol–water partition coefficient (Wildman–Crippen LogP) is 10.4. The number of rotatable bonds is 5. The molecule has 3 heteroatoms. The van der Waals surface area contributed by atoms with Gasteiger partial charge in [0.15, 0.2) is 0 Å². The highest BCUT2D eigenvalue weighted by Crippen LogP contribution is 2.43. The normalized spacial score (nSPS) is 11.7. The Morgan fingerprint density at radius 1 is 0.718 bits per heavy atom. The molecule has 0 aliphatic heterocycles. The lowest BCUT2D eigenvalue weighted by atomic mass is 10.0. The second-order valence-corrected chi connectivity index (χ2v) is 10.7. The van der Waals surface area contributed by atoms with E-state index in [-0.39, 0.29) is 0 Å². The quantitative estimate of drug-likeness (QED) is 0.222. The molecule has 3 aromatic heterocycles. The van der Waals surface area contributed by atoms with Crippen LogP contribution in [-0.4, -0.2) is 9.55 Å². The van der Waals surface area contributed by atoms with Gasteiger partial charge in [-0.15, -0.1) is 11.3 Å². The number of pyridine rings is 1. The highest BCUT2D eigenvalue weighted by atomic mass is 32.1. The number of nitrogens with zero attached hydrogens (tertiary/aromatic N) is 2. The van der Waals surface area contributed by atoms with Gasteiger partial charge in [0.05, 0.1) is 21.4 Å². The van der Waals surface area contributed by atoms with E-state index in [0.29, 0.717) is 0 Å². The van der Waals surface area contributed by atoms with E-state index in [2.05, 4.69) is 133 Å². The molecular weight excluding hydrogens is 492 g/mol. The van der Waals surface area contributed by atoms with Crippen molar-refractivity contribution < 1.29 is 0 Å². The second-order valence-electron chi connectivity index (χ2n) is 9.61. The van der Waals surface area contributed by atoms with Crippen LogP contribution in [0.1, 0.15) is 17.4 Å². The summed E-state index contributed by atoms with van der Waals surface area (Å²) in [5.41, 5.74) is 7.93. The van der Waals surface area contributed by atoms with E-state index in [1.165, 1.54) is 42.4 Å². The van der Waals surface area contributed by atoms with Crippen molar-refractivity contribution in [3.63, 3.8) is 0 Å². The zero-order chi connectivity index (χ0) is 26.3. The van der Waals surface area contributed by atoms with E-state index >= 15 is 0 Å². The summed E-state index contributed by atoms with van der Waals surface area (Å²) in [5, 5.41) is 3.70. The molecule has 3 heterocycles. The summed E-state index contributed by atoms with van der Waals surface area (Å²) in [6.07, 6.45) is 6.27. The first-order valence-electron chi connectivity index (χ1n) is 13.1. The predicted molar refractivity (Wildman–Crippen MR) is 170 cm³/mol. The third-order valence-electron chi connectivity index (χ3n) is 7.29. The highest BCUT2D eigenvalue weighted by molar-refractivity contribution is 7.21. The maximum atomic E-state index is 5.30. The summed E-state index contributed by atoms with van der Waals surface area (Å²) >= 11 is 1.80. The fourth-order valence-electron chi connectivity index (χ4n) is 5.55. The Hall–Kier alpha value is -4.73. The molecule has 0 N–H and O–H groups in total. The standard InChI is InChI=1S/C36H26N2S/c1-3-13-28-30-21-20-29-27-18-11-12-19-32(27)38(35(29)36(30)39-33(28)4-2)34-23-26(24-14-7-5-8-15-24)22-31(37-34)25-16-9-6-10-17-25/h3-23H,2H2,1H3/b13-3-. The largest absolute Gasteiger partial charge is 0.292 e. The number of fused-ring (bicyclic) bond motifs is 5. The maximum absolute atomic E-state index is 5.30. The van der Waals surface area contributed by atoms with Crippen molar-refractivity contribution in [2.45, 2.75) is 6.92 Å². The van der Waals surface area contributed by atoms with Crippen LogP contribution in [0.2, 0.25) is 0 Å². The number of hydrogen-bond acceptors (Lipinski definition) is 2. The second kappa shape index (κ2) is 9.54. The molecule has 0 spiro atoms. The van der Waals surface area contributed by atoms with Crippen molar-refractivity contribution in [1.82, 2.24) is 9.55 Å². The zero-order valence-corrected chi connectivity index (χ0v) is 22.5. The van der Waals surface area contributed by atoms with E-state index in [9.17, 15) is 0 Å². The Balaban J connectivity index is 1.63. The number of hydrogen-bond donors (Lipinski definition) is 0. The van der Waals surface area contributed by atoms with Crippen LogP contribution in [0.15, 0.2) is 122 Å². The van der Waals surface area contributed by atoms with E-state index in [1.807, 2.05) is 12.1 Å². The average molecular weight is 519 g/mol. The molecule has 0 bridgehead atoms. The number of aromatic nitrogens is 2. The number of benzene rings is 4. The van der Waals surface area contributed by atoms with Gasteiger partial charge in [0.2, 0.25) is 0 Å². The Morgan fingerprint density at radius 2 is 1.41 bits per heavy atom. The molecule has 39 heavy (non-hydrogen) atoms. The number of thiophene rings is 1. The Labute approximate surface area is 231 Å². The maximum Gasteiger partial charge on any atom is 0.138 e. The summed E-state index contributed by atoms with van der Waals surface area (Å²) in [7, 11) is 0. The Bertz CT molecular complexity index is 1970. The smallest absolute Gasteiger partial charge is 0.138 e. The van der Waals surface area contributed by atoms with E-state index < -0.39 is 0 Å². The van der Waals surface area contributed by atoms with E-state index in [0.717, 1.165) is 28.2 Å². The van der Waals surface area contributed by atoms with E-state index in [1.54, 1.807) is 11.3 Å². The van der Waals surface area contributed by atoms with Crippen molar-refractivity contribution in [3.8, 4) is 28.2 Å². The summed E-state index contributed by atoms with van der Waals surface area (Å²) in [6.45, 7) is 6.19. The highest BCUT2D eigenvalue weighted by Gasteiger charge is 2.20. The first kappa shape index (κ1) is 23.4. The molecule has 0 saturated heterocycles. The lowest BCUT2D eigenvalue weighted by molar-refractivity contribution is 1.09. The Kier molecular flexibility index (Phi) is 5.72. The molecule has 0 saturated carbocycles.